The Kier molecular flexibility index (Phi) is 9.64. The number of benzene rings is 1. The third-order valence-corrected chi connectivity index (χ3v) is 8.90. The zero-order chi connectivity index (χ0) is 26.1. The molecule has 1 N–H and O–H groups in total. The van der Waals surface area contributed by atoms with Crippen molar-refractivity contribution in [1.82, 2.24) is 9.88 Å². The normalized spacial score (nSPS) is 21.7. The van der Waals surface area contributed by atoms with Crippen molar-refractivity contribution in [2.75, 3.05) is 13.1 Å². The molecule has 202 valence electrons. The van der Waals surface area contributed by atoms with Crippen LogP contribution in [0.25, 0.3) is 11.1 Å². The molecule has 0 radical (unpaired) electrons. The Morgan fingerprint density at radius 2 is 1.76 bits per heavy atom. The van der Waals surface area contributed by atoms with Crippen molar-refractivity contribution in [3.05, 3.63) is 59.0 Å². The first-order valence-corrected chi connectivity index (χ1v) is 14.7. The number of hydrogen-bond acceptors (Lipinski definition) is 4. The summed E-state index contributed by atoms with van der Waals surface area (Å²) in [5.74, 6) is -0.0928. The lowest BCUT2D eigenvalue weighted by Crippen LogP contribution is -2.62. The van der Waals surface area contributed by atoms with Crippen LogP contribution in [0.1, 0.15) is 90.9 Å². The van der Waals surface area contributed by atoms with Gasteiger partial charge < -0.3 is 14.6 Å². The predicted molar refractivity (Wildman–Crippen MR) is 151 cm³/mol. The van der Waals surface area contributed by atoms with Crippen molar-refractivity contribution in [2.45, 2.75) is 103 Å². The van der Waals surface area contributed by atoms with Gasteiger partial charge in [-0.15, -0.1) is 0 Å². The Balaban J connectivity index is 1.62. The van der Waals surface area contributed by atoms with E-state index in [2.05, 4.69) is 19.2 Å². The topological polar surface area (TPSA) is 60.3 Å². The predicted octanol–water partition coefficient (Wildman–Crippen LogP) is 6.74. The van der Waals surface area contributed by atoms with Crippen molar-refractivity contribution < 1.29 is 9.53 Å². The van der Waals surface area contributed by atoms with Crippen molar-refractivity contribution in [3.63, 3.8) is 0 Å². The van der Waals surface area contributed by atoms with Gasteiger partial charge in [-0.3, -0.25) is 9.59 Å². The highest BCUT2D eigenvalue weighted by molar-refractivity contribution is 5.73. The van der Waals surface area contributed by atoms with Crippen LogP contribution in [0.15, 0.2) is 53.5 Å². The minimum absolute atomic E-state index is 0.0341. The van der Waals surface area contributed by atoms with Gasteiger partial charge in [0.2, 0.25) is 0 Å². The average molecular weight is 507 g/mol. The maximum Gasteiger partial charge on any atom is 0.309 e. The Labute approximate surface area is 223 Å². The highest BCUT2D eigenvalue weighted by atomic mass is 16.6. The first-order valence-electron chi connectivity index (χ1n) is 14.7. The smallest absolute Gasteiger partial charge is 0.309 e. The average Bonchev–Trinajstić information content (AvgIpc) is 3.39. The minimum Gasteiger partial charge on any atom is -0.456 e. The van der Waals surface area contributed by atoms with Crippen LogP contribution in [0.4, 0.5) is 0 Å². The van der Waals surface area contributed by atoms with Gasteiger partial charge in [-0.1, -0.05) is 89.1 Å². The number of nitrogens with one attached hydrogen (secondary N) is 1. The molecular weight excluding hydrogens is 460 g/mol. The quantitative estimate of drug-likeness (QED) is 0.256. The number of carbonyl (C=O) groups excluding carboxylic acids is 1. The molecule has 1 spiro atoms. The second-order valence-corrected chi connectivity index (χ2v) is 11.4. The number of pyridine rings is 1. The summed E-state index contributed by atoms with van der Waals surface area (Å²) >= 11 is 0. The van der Waals surface area contributed by atoms with Crippen LogP contribution in [0.5, 0.6) is 0 Å². The molecule has 2 fully saturated rings. The zero-order valence-electron chi connectivity index (χ0n) is 23.0. The van der Waals surface area contributed by atoms with Gasteiger partial charge in [0, 0.05) is 30.6 Å². The molecule has 2 atom stereocenters. The fraction of sp³-hybridized carbons (Fsp3) is 0.625. The number of unbranched alkanes of at least 4 members (excludes halogenated alkanes) is 3. The van der Waals surface area contributed by atoms with Crippen LogP contribution in [0, 0.1) is 11.3 Å². The van der Waals surface area contributed by atoms with Crippen LogP contribution in [0.2, 0.25) is 0 Å². The lowest BCUT2D eigenvalue weighted by Gasteiger charge is -2.52. The van der Waals surface area contributed by atoms with Crippen molar-refractivity contribution in [3.8, 4) is 11.1 Å². The van der Waals surface area contributed by atoms with E-state index in [1.54, 1.807) is 10.6 Å². The summed E-state index contributed by atoms with van der Waals surface area (Å²) in [5.41, 5.74) is 1.15. The number of rotatable bonds is 12. The maximum atomic E-state index is 13.8. The minimum atomic E-state index is -0.653. The molecule has 0 amide bonds. The van der Waals surface area contributed by atoms with E-state index in [0.29, 0.717) is 6.54 Å². The Bertz CT molecular complexity index is 1060. The van der Waals surface area contributed by atoms with Gasteiger partial charge in [0.25, 0.3) is 5.56 Å². The highest BCUT2D eigenvalue weighted by Gasteiger charge is 2.57. The van der Waals surface area contributed by atoms with Crippen LogP contribution >= 0.6 is 0 Å². The fourth-order valence-corrected chi connectivity index (χ4v) is 6.71. The molecule has 2 heterocycles. The van der Waals surface area contributed by atoms with Crippen LogP contribution in [0.3, 0.4) is 0 Å². The number of ether oxygens (including phenoxy) is 1. The first-order chi connectivity index (χ1) is 18.0. The van der Waals surface area contributed by atoms with Gasteiger partial charge in [-0.25, -0.2) is 0 Å². The number of hydrogen-bond donors (Lipinski definition) is 1. The van der Waals surface area contributed by atoms with Crippen LogP contribution < -0.4 is 10.9 Å². The first kappa shape index (κ1) is 27.6. The molecule has 1 aliphatic heterocycles. The summed E-state index contributed by atoms with van der Waals surface area (Å²) in [7, 11) is 0. The van der Waals surface area contributed by atoms with E-state index in [1.807, 2.05) is 42.6 Å². The van der Waals surface area contributed by atoms with E-state index in [-0.39, 0.29) is 22.9 Å². The third kappa shape index (κ3) is 6.37. The number of aromatic nitrogens is 1. The summed E-state index contributed by atoms with van der Waals surface area (Å²) in [4.78, 5) is 27.2. The molecule has 1 aliphatic carbocycles. The molecule has 4 rings (SSSR count). The molecule has 1 aromatic carbocycles. The molecular formula is C32H46N2O3. The lowest BCUT2D eigenvalue weighted by atomic mass is 9.66. The second kappa shape index (κ2) is 12.9. The summed E-state index contributed by atoms with van der Waals surface area (Å²) in [6.45, 7) is 6.46. The molecule has 5 heteroatoms. The second-order valence-electron chi connectivity index (χ2n) is 11.4. The van der Waals surface area contributed by atoms with Gasteiger partial charge in [0.15, 0.2) is 0 Å². The van der Waals surface area contributed by atoms with Gasteiger partial charge in [0.05, 0.1) is 12.5 Å². The summed E-state index contributed by atoms with van der Waals surface area (Å²) < 4.78 is 8.52. The Hall–Kier alpha value is -2.40. The number of piperidine rings is 1. The van der Waals surface area contributed by atoms with E-state index in [4.69, 9.17) is 4.74 Å². The molecule has 0 bridgehead atoms. The van der Waals surface area contributed by atoms with E-state index in [1.165, 1.54) is 19.3 Å². The van der Waals surface area contributed by atoms with Crippen molar-refractivity contribution in [1.29, 1.82) is 0 Å². The summed E-state index contributed by atoms with van der Waals surface area (Å²) in [6, 6.07) is 13.8. The molecule has 1 saturated carbocycles. The van der Waals surface area contributed by atoms with Gasteiger partial charge in [-0.05, 0) is 49.4 Å². The molecule has 2 aliphatic rings. The third-order valence-electron chi connectivity index (χ3n) is 8.90. The summed E-state index contributed by atoms with van der Waals surface area (Å²) in [5, 5.41) is 3.60. The largest absolute Gasteiger partial charge is 0.456 e. The van der Waals surface area contributed by atoms with Crippen molar-refractivity contribution >= 4 is 5.97 Å². The van der Waals surface area contributed by atoms with Gasteiger partial charge in [-0.2, -0.15) is 0 Å². The zero-order valence-corrected chi connectivity index (χ0v) is 23.0. The summed E-state index contributed by atoms with van der Waals surface area (Å²) in [6.07, 6.45) is 14.5. The molecule has 37 heavy (non-hydrogen) atoms. The molecule has 5 nitrogen and oxygen atoms in total. The Morgan fingerprint density at radius 3 is 2.46 bits per heavy atom. The monoisotopic (exact) mass is 506 g/mol. The Morgan fingerprint density at radius 1 is 0.973 bits per heavy atom. The van der Waals surface area contributed by atoms with E-state index in [0.717, 1.165) is 82.0 Å². The van der Waals surface area contributed by atoms with Gasteiger partial charge >= 0.3 is 5.97 Å². The highest BCUT2D eigenvalue weighted by Crippen LogP contribution is 2.52. The lowest BCUT2D eigenvalue weighted by molar-refractivity contribution is -0.193. The number of carbonyl (C=O) groups is 1. The van der Waals surface area contributed by atoms with E-state index >= 15 is 0 Å². The SMILES string of the molecule is CCCCCCC(CCC)C(=O)OC1(Cn2ccc(-c3ccccc3)cc2=O)CCNCC12CCCC2. The van der Waals surface area contributed by atoms with E-state index in [9.17, 15) is 9.59 Å². The maximum absolute atomic E-state index is 13.8. The van der Waals surface area contributed by atoms with Gasteiger partial charge in [0.1, 0.15) is 5.60 Å². The molecule has 1 saturated heterocycles. The molecule has 2 unspecified atom stereocenters. The van der Waals surface area contributed by atoms with E-state index < -0.39 is 5.60 Å². The standard InChI is InChI=1S/C32H46N2O3/c1-3-5-6-8-16-27(13-4-2)30(36)37-32(20-21-33-24-31(32)18-11-12-19-31)25-34-22-17-28(23-29(34)35)26-14-9-7-10-15-26/h7,9-10,14-15,17,22-23,27,33H,3-6,8,11-13,16,18-21,24-25H2,1-2H3. The molecule has 1 aromatic heterocycles. The number of nitrogens with zero attached hydrogens (tertiary/aromatic N) is 1. The van der Waals surface area contributed by atoms with Crippen molar-refractivity contribution in [2.24, 2.45) is 11.3 Å². The van der Waals surface area contributed by atoms with Crippen LogP contribution in [-0.2, 0) is 16.1 Å². The number of esters is 1. The fourth-order valence-electron chi connectivity index (χ4n) is 6.71. The molecule has 2 aromatic rings. The van der Waals surface area contributed by atoms with Crippen LogP contribution in [-0.4, -0.2) is 29.2 Å².